The molecule has 0 radical (unpaired) electrons. The molecule has 4 N–H and O–H groups in total. The first-order valence-electron chi connectivity index (χ1n) is 15.8. The van der Waals surface area contributed by atoms with Gasteiger partial charge in [-0.3, -0.25) is 19.2 Å². The molecule has 1 heterocycles. The third-order valence-electron chi connectivity index (χ3n) is 9.86. The minimum absolute atomic E-state index is 0.00718. The van der Waals surface area contributed by atoms with E-state index in [1.165, 1.54) is 12.8 Å². The average Bonchev–Trinajstić information content (AvgIpc) is 2.95. The van der Waals surface area contributed by atoms with E-state index in [1.807, 2.05) is 27.7 Å². The van der Waals surface area contributed by atoms with Crippen LogP contribution in [0.15, 0.2) is 24.3 Å². The number of hydrogen-bond acceptors (Lipinski definition) is 5. The number of nitrogens with one attached hydrogen (secondary N) is 4. The Labute approximate surface area is 250 Å². The topological polar surface area (TPSA) is 126 Å². The molecule has 9 nitrogen and oxygen atoms in total. The third kappa shape index (κ3) is 7.45. The van der Waals surface area contributed by atoms with Gasteiger partial charge in [-0.15, -0.1) is 0 Å². The first-order chi connectivity index (χ1) is 19.9. The maximum Gasteiger partial charge on any atom is 0.255 e. The second kappa shape index (κ2) is 13.5. The zero-order valence-corrected chi connectivity index (χ0v) is 26.1. The SMILES string of the molecule is CC(C)C[C@H]1NC(=O)CC[C@@H](C(=O)NC[C@@H]2CCC3CC2C3(C)C)NC(=O)c2ccccc2OC[C@H](C(C)C)NC1=O. The molecule has 1 aliphatic heterocycles. The maximum absolute atomic E-state index is 13.5. The molecule has 4 aliphatic rings. The van der Waals surface area contributed by atoms with Crippen LogP contribution >= 0.6 is 0 Å². The minimum Gasteiger partial charge on any atom is -0.491 e. The van der Waals surface area contributed by atoms with Crippen LogP contribution in [0.4, 0.5) is 0 Å². The van der Waals surface area contributed by atoms with Gasteiger partial charge in [-0.1, -0.05) is 53.7 Å². The lowest BCUT2D eigenvalue weighted by atomic mass is 9.45. The molecule has 5 rings (SSSR count). The van der Waals surface area contributed by atoms with Crippen LogP contribution in [0.2, 0.25) is 0 Å². The normalized spacial score (nSPS) is 30.0. The largest absolute Gasteiger partial charge is 0.491 e. The van der Waals surface area contributed by atoms with Crippen molar-refractivity contribution < 1.29 is 23.9 Å². The molecule has 3 saturated carbocycles. The summed E-state index contributed by atoms with van der Waals surface area (Å²) in [4.78, 5) is 53.4. The number of benzene rings is 1. The molecule has 4 amide bonds. The van der Waals surface area contributed by atoms with Gasteiger partial charge in [0.15, 0.2) is 0 Å². The van der Waals surface area contributed by atoms with E-state index in [0.717, 1.165) is 12.3 Å². The van der Waals surface area contributed by atoms with E-state index in [-0.39, 0.29) is 55.0 Å². The number of rotatable bonds is 6. The van der Waals surface area contributed by atoms with E-state index in [9.17, 15) is 19.2 Å². The van der Waals surface area contributed by atoms with Crippen LogP contribution in [0, 0.1) is 35.0 Å². The van der Waals surface area contributed by atoms with Gasteiger partial charge in [0.1, 0.15) is 24.4 Å². The van der Waals surface area contributed by atoms with Crippen molar-refractivity contribution >= 4 is 23.6 Å². The van der Waals surface area contributed by atoms with E-state index < -0.39 is 18.0 Å². The van der Waals surface area contributed by atoms with E-state index in [0.29, 0.717) is 41.5 Å². The van der Waals surface area contributed by atoms with Crippen LogP contribution in [0.1, 0.15) is 90.4 Å². The van der Waals surface area contributed by atoms with E-state index in [1.54, 1.807) is 24.3 Å². The van der Waals surface area contributed by atoms with Crippen molar-refractivity contribution in [1.82, 2.24) is 21.3 Å². The number of ether oxygens (including phenoxy) is 1. The number of carbonyl (C=O) groups is 4. The molecule has 0 aromatic heterocycles. The molecule has 232 valence electrons. The predicted octanol–water partition coefficient (Wildman–Crippen LogP) is 3.82. The fourth-order valence-corrected chi connectivity index (χ4v) is 6.96. The summed E-state index contributed by atoms with van der Waals surface area (Å²) in [6.07, 6.45) is 4.08. The number of fused-ring (bicyclic) bond motifs is 3. The Bertz CT molecular complexity index is 1150. The van der Waals surface area contributed by atoms with Crippen molar-refractivity contribution in [3.05, 3.63) is 29.8 Å². The van der Waals surface area contributed by atoms with Crippen LogP contribution in [0.5, 0.6) is 5.75 Å². The molecule has 2 unspecified atom stereocenters. The van der Waals surface area contributed by atoms with Gasteiger partial charge in [-0.05, 0) is 79.2 Å². The number of amides is 4. The molecule has 3 fully saturated rings. The summed E-state index contributed by atoms with van der Waals surface area (Å²) in [5.74, 6) is 1.05. The monoisotopic (exact) mass is 582 g/mol. The Hall–Kier alpha value is -3.10. The first kappa shape index (κ1) is 31.8. The quantitative estimate of drug-likeness (QED) is 0.406. The van der Waals surface area contributed by atoms with Crippen LogP contribution in [-0.2, 0) is 14.4 Å². The van der Waals surface area contributed by atoms with Crippen molar-refractivity contribution in [1.29, 1.82) is 0 Å². The third-order valence-corrected chi connectivity index (χ3v) is 9.86. The van der Waals surface area contributed by atoms with Crippen LogP contribution in [0.25, 0.3) is 0 Å². The summed E-state index contributed by atoms with van der Waals surface area (Å²) in [7, 11) is 0. The molecular formula is C33H50N4O5. The molecule has 2 bridgehead atoms. The minimum atomic E-state index is -0.909. The van der Waals surface area contributed by atoms with E-state index >= 15 is 0 Å². The molecule has 1 aromatic carbocycles. The van der Waals surface area contributed by atoms with E-state index in [4.69, 9.17) is 4.74 Å². The van der Waals surface area contributed by atoms with E-state index in [2.05, 4.69) is 35.1 Å². The second-order valence-electron chi connectivity index (χ2n) is 13.9. The van der Waals surface area contributed by atoms with Gasteiger partial charge >= 0.3 is 0 Å². The zero-order valence-electron chi connectivity index (χ0n) is 26.1. The van der Waals surface area contributed by atoms with Gasteiger partial charge < -0.3 is 26.0 Å². The summed E-state index contributed by atoms with van der Waals surface area (Å²) < 4.78 is 6.09. The lowest BCUT2D eigenvalue weighted by molar-refractivity contribution is -0.130. The average molecular weight is 583 g/mol. The van der Waals surface area contributed by atoms with Crippen molar-refractivity contribution in [2.24, 2.45) is 35.0 Å². The summed E-state index contributed by atoms with van der Waals surface area (Å²) in [6, 6.07) is 4.94. The number of carbonyl (C=O) groups excluding carboxylic acids is 4. The lowest BCUT2D eigenvalue weighted by Crippen LogP contribution is -2.56. The molecular weight excluding hydrogens is 532 g/mol. The fourth-order valence-electron chi connectivity index (χ4n) is 6.96. The highest BCUT2D eigenvalue weighted by Gasteiger charge is 2.54. The maximum atomic E-state index is 13.5. The van der Waals surface area contributed by atoms with Crippen molar-refractivity contribution in [2.45, 2.75) is 98.2 Å². The summed E-state index contributed by atoms with van der Waals surface area (Å²) in [5, 5.41) is 11.9. The van der Waals surface area contributed by atoms with Crippen molar-refractivity contribution in [3.8, 4) is 5.75 Å². The molecule has 9 heteroatoms. The predicted molar refractivity (Wildman–Crippen MR) is 162 cm³/mol. The number of para-hydroxylation sites is 1. The first-order valence-corrected chi connectivity index (χ1v) is 15.8. The molecule has 3 aliphatic carbocycles. The van der Waals surface area contributed by atoms with Crippen molar-refractivity contribution in [2.75, 3.05) is 13.2 Å². The van der Waals surface area contributed by atoms with Crippen LogP contribution in [-0.4, -0.2) is 54.9 Å². The van der Waals surface area contributed by atoms with Gasteiger partial charge in [0.25, 0.3) is 5.91 Å². The summed E-state index contributed by atoms with van der Waals surface area (Å²) in [6.45, 7) is 13.3. The second-order valence-corrected chi connectivity index (χ2v) is 13.9. The highest BCUT2D eigenvalue weighted by Crippen LogP contribution is 2.61. The fraction of sp³-hybridized carbons (Fsp3) is 0.697. The summed E-state index contributed by atoms with van der Waals surface area (Å²) in [5.41, 5.74) is 0.607. The van der Waals surface area contributed by atoms with Gasteiger partial charge in [0.05, 0.1) is 11.6 Å². The Kier molecular flexibility index (Phi) is 10.2. The molecule has 0 spiro atoms. The Morgan fingerprint density at radius 3 is 2.43 bits per heavy atom. The van der Waals surface area contributed by atoms with Gasteiger partial charge in [0, 0.05) is 13.0 Å². The molecule has 6 atom stereocenters. The van der Waals surface area contributed by atoms with Crippen LogP contribution < -0.4 is 26.0 Å². The number of hydrogen-bond donors (Lipinski definition) is 4. The highest BCUT2D eigenvalue weighted by molar-refractivity contribution is 5.99. The van der Waals surface area contributed by atoms with Crippen LogP contribution in [0.3, 0.4) is 0 Å². The Morgan fingerprint density at radius 1 is 1.02 bits per heavy atom. The summed E-state index contributed by atoms with van der Waals surface area (Å²) >= 11 is 0. The van der Waals surface area contributed by atoms with Gasteiger partial charge in [0.2, 0.25) is 17.7 Å². The smallest absolute Gasteiger partial charge is 0.255 e. The Balaban J connectivity index is 1.54. The zero-order chi connectivity index (χ0) is 30.6. The molecule has 42 heavy (non-hydrogen) atoms. The van der Waals surface area contributed by atoms with Gasteiger partial charge in [-0.2, -0.15) is 0 Å². The highest BCUT2D eigenvalue weighted by atomic mass is 16.5. The Morgan fingerprint density at radius 2 is 1.76 bits per heavy atom. The molecule has 1 aromatic rings. The standard InChI is InChI=1S/C33H50N4O5/c1-19(2)15-26-32(41)37-27(20(3)4)18-42-28-10-8-7-9-23(28)30(39)36-25(13-14-29(38)35-26)31(40)34-17-21-11-12-22-16-24(21)33(22,5)6/h7-10,19-22,24-27H,11-18H2,1-6H3,(H,34,40)(H,35,38)(H,36,39)(H,37,41)/t21-,22?,24?,25-,26+,27+/m0/s1. The van der Waals surface area contributed by atoms with Crippen molar-refractivity contribution in [3.63, 3.8) is 0 Å². The lowest BCUT2D eigenvalue weighted by Gasteiger charge is -2.60. The molecule has 0 saturated heterocycles. The van der Waals surface area contributed by atoms with Gasteiger partial charge in [-0.25, -0.2) is 0 Å².